The number of fused-ring (bicyclic) bond motifs is 1. The highest BCUT2D eigenvalue weighted by Crippen LogP contribution is 2.30. The Morgan fingerprint density at radius 1 is 1.17 bits per heavy atom. The molecule has 1 aliphatic heterocycles. The molecule has 122 valence electrons. The van der Waals surface area contributed by atoms with Crippen molar-refractivity contribution in [2.75, 3.05) is 6.54 Å². The van der Waals surface area contributed by atoms with Crippen molar-refractivity contribution in [2.45, 2.75) is 33.4 Å². The lowest BCUT2D eigenvalue weighted by atomic mass is 10.1. The van der Waals surface area contributed by atoms with Crippen LogP contribution in [0, 0.1) is 13.8 Å². The zero-order valence-electron chi connectivity index (χ0n) is 14.1. The summed E-state index contributed by atoms with van der Waals surface area (Å²) < 4.78 is 6.11. The average Bonchev–Trinajstić information content (AvgIpc) is 3.01. The molecule has 1 aliphatic rings. The van der Waals surface area contributed by atoms with Crippen molar-refractivity contribution in [1.29, 1.82) is 0 Å². The van der Waals surface area contributed by atoms with E-state index >= 15 is 0 Å². The van der Waals surface area contributed by atoms with E-state index in [2.05, 4.69) is 51.3 Å². The number of furan rings is 1. The Morgan fingerprint density at radius 2 is 2.00 bits per heavy atom. The molecule has 4 rings (SSSR count). The number of hydrogen-bond donors (Lipinski definition) is 0. The molecule has 0 atom stereocenters. The molecule has 3 aromatic rings. The molecule has 0 fully saturated rings. The van der Waals surface area contributed by atoms with E-state index < -0.39 is 0 Å². The van der Waals surface area contributed by atoms with Crippen molar-refractivity contribution in [1.82, 2.24) is 14.9 Å². The molecule has 0 unspecified atom stereocenters. The first-order valence-electron chi connectivity index (χ1n) is 8.37. The maximum absolute atomic E-state index is 6.11. The molecule has 0 saturated heterocycles. The molecular formula is C20H21N3O. The number of benzene rings is 1. The third-order valence-corrected chi connectivity index (χ3v) is 4.52. The van der Waals surface area contributed by atoms with Gasteiger partial charge in [0.15, 0.2) is 5.76 Å². The van der Waals surface area contributed by atoms with Crippen LogP contribution in [0.3, 0.4) is 0 Å². The summed E-state index contributed by atoms with van der Waals surface area (Å²) in [6, 6.07) is 12.8. The molecule has 0 saturated carbocycles. The SMILES string of the molecule is Cc1ncc(C)c(-c2cc3c(o2)CCN(Cc2ccccc2)C3)n1. The van der Waals surface area contributed by atoms with Crippen LogP contribution in [-0.2, 0) is 19.5 Å². The minimum atomic E-state index is 0.774. The third-order valence-electron chi connectivity index (χ3n) is 4.52. The van der Waals surface area contributed by atoms with Gasteiger partial charge in [-0.25, -0.2) is 9.97 Å². The molecule has 0 spiro atoms. The van der Waals surface area contributed by atoms with Gasteiger partial charge in [0.2, 0.25) is 0 Å². The van der Waals surface area contributed by atoms with Gasteiger partial charge in [0, 0.05) is 37.8 Å². The Bertz CT molecular complexity index is 855. The van der Waals surface area contributed by atoms with E-state index in [1.165, 1.54) is 11.1 Å². The van der Waals surface area contributed by atoms with E-state index in [1.54, 1.807) is 0 Å². The second-order valence-electron chi connectivity index (χ2n) is 6.45. The maximum atomic E-state index is 6.11. The van der Waals surface area contributed by atoms with Gasteiger partial charge >= 0.3 is 0 Å². The number of rotatable bonds is 3. The van der Waals surface area contributed by atoms with Crippen LogP contribution < -0.4 is 0 Å². The van der Waals surface area contributed by atoms with Gasteiger partial charge in [-0.1, -0.05) is 30.3 Å². The summed E-state index contributed by atoms with van der Waals surface area (Å²) in [5.74, 6) is 2.74. The molecule has 0 aliphatic carbocycles. The fourth-order valence-corrected chi connectivity index (χ4v) is 3.26. The minimum Gasteiger partial charge on any atom is -0.459 e. The first-order chi connectivity index (χ1) is 11.7. The lowest BCUT2D eigenvalue weighted by Crippen LogP contribution is -2.29. The van der Waals surface area contributed by atoms with Crippen LogP contribution >= 0.6 is 0 Å². The fraction of sp³-hybridized carbons (Fsp3) is 0.300. The monoisotopic (exact) mass is 319 g/mol. The van der Waals surface area contributed by atoms with Crippen LogP contribution in [0.5, 0.6) is 0 Å². The smallest absolute Gasteiger partial charge is 0.153 e. The van der Waals surface area contributed by atoms with Crippen molar-refractivity contribution < 1.29 is 4.42 Å². The predicted octanol–water partition coefficient (Wildman–Crippen LogP) is 3.91. The lowest BCUT2D eigenvalue weighted by molar-refractivity contribution is 0.234. The van der Waals surface area contributed by atoms with E-state index in [9.17, 15) is 0 Å². The van der Waals surface area contributed by atoms with Crippen LogP contribution in [-0.4, -0.2) is 21.4 Å². The van der Waals surface area contributed by atoms with Gasteiger partial charge in [-0.05, 0) is 31.0 Å². The van der Waals surface area contributed by atoms with Crippen LogP contribution in [0.1, 0.15) is 28.3 Å². The van der Waals surface area contributed by atoms with Crippen LogP contribution in [0.15, 0.2) is 47.0 Å². The highest BCUT2D eigenvalue weighted by atomic mass is 16.3. The molecule has 0 radical (unpaired) electrons. The standard InChI is InChI=1S/C20H21N3O/c1-14-11-21-15(2)22-20(14)19-10-17-13-23(9-8-18(17)24-19)12-16-6-4-3-5-7-16/h3-7,10-11H,8-9,12-13H2,1-2H3. The van der Waals surface area contributed by atoms with E-state index in [1.807, 2.05) is 20.0 Å². The van der Waals surface area contributed by atoms with Gasteiger partial charge in [0.25, 0.3) is 0 Å². The summed E-state index contributed by atoms with van der Waals surface area (Å²) in [7, 11) is 0. The number of aromatic nitrogens is 2. The molecular weight excluding hydrogens is 298 g/mol. The highest BCUT2D eigenvalue weighted by Gasteiger charge is 2.22. The molecule has 0 amide bonds. The summed E-state index contributed by atoms with van der Waals surface area (Å²) in [5.41, 5.74) is 4.59. The summed E-state index contributed by atoms with van der Waals surface area (Å²) in [6.45, 7) is 6.87. The Kier molecular flexibility index (Phi) is 3.90. The van der Waals surface area contributed by atoms with Gasteiger partial charge in [0.1, 0.15) is 17.3 Å². The number of hydrogen-bond acceptors (Lipinski definition) is 4. The molecule has 24 heavy (non-hydrogen) atoms. The normalized spacial score (nSPS) is 14.6. The molecule has 0 N–H and O–H groups in total. The van der Waals surface area contributed by atoms with Gasteiger partial charge in [0.05, 0.1) is 0 Å². The zero-order chi connectivity index (χ0) is 16.5. The number of nitrogens with zero attached hydrogens (tertiary/aromatic N) is 3. The van der Waals surface area contributed by atoms with E-state index in [4.69, 9.17) is 4.42 Å². The highest BCUT2D eigenvalue weighted by molar-refractivity contribution is 5.58. The van der Waals surface area contributed by atoms with Gasteiger partial charge in [-0.3, -0.25) is 4.90 Å². The van der Waals surface area contributed by atoms with Crippen molar-refractivity contribution in [2.24, 2.45) is 0 Å². The molecule has 4 heteroatoms. The predicted molar refractivity (Wildman–Crippen MR) is 93.5 cm³/mol. The fourth-order valence-electron chi connectivity index (χ4n) is 3.26. The van der Waals surface area contributed by atoms with Crippen molar-refractivity contribution >= 4 is 0 Å². The topological polar surface area (TPSA) is 42.2 Å². The van der Waals surface area contributed by atoms with Crippen molar-refractivity contribution in [3.05, 3.63) is 70.9 Å². The van der Waals surface area contributed by atoms with Crippen molar-refractivity contribution in [3.8, 4) is 11.5 Å². The summed E-state index contributed by atoms with van der Waals surface area (Å²) in [4.78, 5) is 11.3. The van der Waals surface area contributed by atoms with Gasteiger partial charge < -0.3 is 4.42 Å². The Balaban J connectivity index is 1.57. The second kappa shape index (κ2) is 6.21. The molecule has 0 bridgehead atoms. The third kappa shape index (κ3) is 2.97. The van der Waals surface area contributed by atoms with Crippen LogP contribution in [0.25, 0.3) is 11.5 Å². The minimum absolute atomic E-state index is 0.774. The first-order valence-corrected chi connectivity index (χ1v) is 8.37. The Morgan fingerprint density at radius 3 is 2.83 bits per heavy atom. The largest absolute Gasteiger partial charge is 0.459 e. The Labute approximate surface area is 142 Å². The van der Waals surface area contributed by atoms with E-state index in [0.29, 0.717) is 0 Å². The summed E-state index contributed by atoms with van der Waals surface area (Å²) in [6.07, 6.45) is 2.81. The zero-order valence-corrected chi connectivity index (χ0v) is 14.1. The van der Waals surface area contributed by atoms with Gasteiger partial charge in [-0.2, -0.15) is 0 Å². The first kappa shape index (κ1) is 15.1. The molecule has 1 aromatic carbocycles. The average molecular weight is 319 g/mol. The quantitative estimate of drug-likeness (QED) is 0.734. The maximum Gasteiger partial charge on any atom is 0.153 e. The molecule has 3 heterocycles. The van der Waals surface area contributed by atoms with E-state index in [0.717, 1.165) is 54.7 Å². The Hall–Kier alpha value is -2.46. The summed E-state index contributed by atoms with van der Waals surface area (Å²) in [5, 5.41) is 0. The number of aryl methyl sites for hydroxylation is 2. The molecule has 4 nitrogen and oxygen atoms in total. The lowest BCUT2D eigenvalue weighted by Gasteiger charge is -2.25. The molecule has 2 aromatic heterocycles. The van der Waals surface area contributed by atoms with E-state index in [-0.39, 0.29) is 0 Å². The van der Waals surface area contributed by atoms with Crippen LogP contribution in [0.2, 0.25) is 0 Å². The second-order valence-corrected chi connectivity index (χ2v) is 6.45. The van der Waals surface area contributed by atoms with Crippen molar-refractivity contribution in [3.63, 3.8) is 0 Å². The van der Waals surface area contributed by atoms with Gasteiger partial charge in [-0.15, -0.1) is 0 Å². The summed E-state index contributed by atoms with van der Waals surface area (Å²) >= 11 is 0. The van der Waals surface area contributed by atoms with Crippen LogP contribution in [0.4, 0.5) is 0 Å².